The number of pyridine rings is 1. The van der Waals surface area contributed by atoms with Gasteiger partial charge in [0.15, 0.2) is 0 Å². The molecule has 0 aliphatic heterocycles. The van der Waals surface area contributed by atoms with Crippen LogP contribution in [0.2, 0.25) is 0 Å². The second-order valence-corrected chi connectivity index (χ2v) is 3.14. The first-order valence-corrected chi connectivity index (χ1v) is 4.07. The van der Waals surface area contributed by atoms with Crippen LogP contribution in [0.25, 0.3) is 0 Å². The van der Waals surface area contributed by atoms with E-state index >= 15 is 0 Å². The zero-order valence-corrected chi connectivity index (χ0v) is 7.98. The van der Waals surface area contributed by atoms with Gasteiger partial charge in [-0.05, 0) is 34.7 Å². The minimum atomic E-state index is -1.13. The number of carbonyl (C=O) groups excluding carboxylic acids is 1. The highest BCUT2D eigenvalue weighted by atomic mass is 127. The van der Waals surface area contributed by atoms with Crippen molar-refractivity contribution in [1.29, 1.82) is 0 Å². The van der Waals surface area contributed by atoms with Gasteiger partial charge in [-0.2, -0.15) is 0 Å². The van der Waals surface area contributed by atoms with E-state index in [0.717, 1.165) is 0 Å². The number of carboxylic acid groups (broad SMARTS) is 1. The van der Waals surface area contributed by atoms with Crippen LogP contribution in [-0.4, -0.2) is 22.3 Å². The molecule has 0 aliphatic rings. The minimum absolute atomic E-state index is 0.107. The van der Waals surface area contributed by atoms with Crippen molar-refractivity contribution in [2.24, 2.45) is 0 Å². The lowest BCUT2D eigenvalue weighted by atomic mass is 10.2. The topological polar surface area (TPSA) is 67.3 Å². The van der Waals surface area contributed by atoms with Gasteiger partial charge in [0, 0.05) is 5.56 Å². The van der Waals surface area contributed by atoms with Crippen LogP contribution >= 0.6 is 22.6 Å². The summed E-state index contributed by atoms with van der Waals surface area (Å²) in [6.45, 7) is 0. The van der Waals surface area contributed by atoms with Crippen molar-refractivity contribution in [2.75, 3.05) is 0 Å². The third-order valence-corrected chi connectivity index (χ3v) is 1.72. The summed E-state index contributed by atoms with van der Waals surface area (Å²) in [5, 5.41) is 8.55. The van der Waals surface area contributed by atoms with Crippen LogP contribution in [0.4, 0.5) is 0 Å². The van der Waals surface area contributed by atoms with Crippen molar-refractivity contribution in [3.63, 3.8) is 0 Å². The molecule has 0 fully saturated rings. The van der Waals surface area contributed by atoms with Crippen molar-refractivity contribution in [1.82, 2.24) is 4.98 Å². The van der Waals surface area contributed by atoms with E-state index in [1.807, 2.05) is 22.6 Å². The zero-order chi connectivity index (χ0) is 9.14. The number of rotatable bonds is 2. The van der Waals surface area contributed by atoms with Crippen LogP contribution in [0.3, 0.4) is 0 Å². The van der Waals surface area contributed by atoms with Crippen LogP contribution in [0.5, 0.6) is 0 Å². The Balaban J connectivity index is 3.23. The molecule has 62 valence electrons. The molecule has 0 atom stereocenters. The molecule has 0 amide bonds. The van der Waals surface area contributed by atoms with Crippen LogP contribution in [-0.2, 0) is 0 Å². The number of hydrogen-bond donors (Lipinski definition) is 1. The van der Waals surface area contributed by atoms with E-state index in [4.69, 9.17) is 5.11 Å². The van der Waals surface area contributed by atoms with E-state index in [9.17, 15) is 9.59 Å². The van der Waals surface area contributed by atoms with E-state index in [-0.39, 0.29) is 5.69 Å². The molecule has 0 radical (unpaired) electrons. The van der Waals surface area contributed by atoms with Gasteiger partial charge in [0.25, 0.3) is 0 Å². The maximum Gasteiger partial charge on any atom is 0.354 e. The minimum Gasteiger partial charge on any atom is -0.477 e. The quantitative estimate of drug-likeness (QED) is 0.501. The third kappa shape index (κ3) is 2.00. The number of carboxylic acids is 1. The van der Waals surface area contributed by atoms with E-state index in [2.05, 4.69) is 4.98 Å². The highest BCUT2D eigenvalue weighted by Crippen LogP contribution is 2.06. The lowest BCUT2D eigenvalue weighted by Gasteiger charge is -1.95. The standard InChI is InChI=1S/C7H4INO3/c8-6-2-4(3-10)1-5(9-6)7(11)12/h1-3H,(H,11,12). The third-order valence-electron chi connectivity index (χ3n) is 1.17. The molecule has 0 unspecified atom stereocenters. The predicted octanol–water partition coefficient (Wildman–Crippen LogP) is 1.20. The molecular formula is C7H4INO3. The number of halogens is 1. The average Bonchev–Trinajstić information content (AvgIpc) is 2.03. The van der Waals surface area contributed by atoms with Gasteiger partial charge in [0.2, 0.25) is 0 Å². The molecule has 0 spiro atoms. The van der Waals surface area contributed by atoms with Gasteiger partial charge in [0.05, 0.1) is 0 Å². The maximum absolute atomic E-state index is 10.4. The maximum atomic E-state index is 10.4. The molecule has 0 saturated carbocycles. The smallest absolute Gasteiger partial charge is 0.354 e. The van der Waals surface area contributed by atoms with Crippen molar-refractivity contribution >= 4 is 34.8 Å². The number of nitrogens with zero attached hydrogens (tertiary/aromatic N) is 1. The fraction of sp³-hybridized carbons (Fsp3) is 0. The van der Waals surface area contributed by atoms with Gasteiger partial charge in [0.1, 0.15) is 15.7 Å². The number of aromatic nitrogens is 1. The van der Waals surface area contributed by atoms with Gasteiger partial charge in [-0.25, -0.2) is 9.78 Å². The van der Waals surface area contributed by atoms with Crippen LogP contribution in [0.15, 0.2) is 12.1 Å². The van der Waals surface area contributed by atoms with E-state index in [1.54, 1.807) is 0 Å². The summed E-state index contributed by atoms with van der Waals surface area (Å²) < 4.78 is 0.495. The van der Waals surface area contributed by atoms with Crippen molar-refractivity contribution in [2.45, 2.75) is 0 Å². The monoisotopic (exact) mass is 277 g/mol. The summed E-state index contributed by atoms with van der Waals surface area (Å²) in [5.74, 6) is -1.13. The number of carbonyl (C=O) groups is 2. The molecule has 0 aromatic carbocycles. The first kappa shape index (κ1) is 9.11. The first-order chi connectivity index (χ1) is 5.63. The Hall–Kier alpha value is -0.980. The fourth-order valence-electron chi connectivity index (χ4n) is 0.694. The summed E-state index contributed by atoms with van der Waals surface area (Å²) in [6.07, 6.45) is 0.594. The summed E-state index contributed by atoms with van der Waals surface area (Å²) in [5.41, 5.74) is 0.218. The molecule has 1 aromatic rings. The number of aldehydes is 1. The summed E-state index contributed by atoms with van der Waals surface area (Å²) in [4.78, 5) is 24.5. The van der Waals surface area contributed by atoms with Crippen molar-refractivity contribution in [3.8, 4) is 0 Å². The second-order valence-electron chi connectivity index (χ2n) is 2.03. The van der Waals surface area contributed by atoms with Crippen LogP contribution in [0.1, 0.15) is 20.8 Å². The Morgan fingerprint density at radius 3 is 2.75 bits per heavy atom. The Morgan fingerprint density at radius 1 is 1.58 bits per heavy atom. The Labute approximate surface area is 81.8 Å². The Bertz CT molecular complexity index is 337. The molecule has 1 heterocycles. The zero-order valence-electron chi connectivity index (χ0n) is 5.82. The number of hydrogen-bond acceptors (Lipinski definition) is 3. The molecule has 1 N–H and O–H groups in total. The summed E-state index contributed by atoms with van der Waals surface area (Å²) in [7, 11) is 0. The molecular weight excluding hydrogens is 273 g/mol. The second kappa shape index (κ2) is 3.61. The lowest BCUT2D eigenvalue weighted by molar-refractivity contribution is 0.0690. The summed E-state index contributed by atoms with van der Waals surface area (Å²) >= 11 is 1.85. The molecule has 1 rings (SSSR count). The SMILES string of the molecule is O=Cc1cc(I)nc(C(=O)O)c1. The summed E-state index contributed by atoms with van der Waals surface area (Å²) in [6, 6.07) is 2.75. The predicted molar refractivity (Wildman–Crippen MR) is 49.3 cm³/mol. The molecule has 0 aliphatic carbocycles. The molecule has 1 aromatic heterocycles. The van der Waals surface area contributed by atoms with E-state index in [1.165, 1.54) is 12.1 Å². The van der Waals surface area contributed by atoms with Crippen molar-refractivity contribution in [3.05, 3.63) is 27.1 Å². The molecule has 5 heteroatoms. The van der Waals surface area contributed by atoms with Gasteiger partial charge in [-0.3, -0.25) is 4.79 Å². The van der Waals surface area contributed by atoms with Crippen LogP contribution < -0.4 is 0 Å². The van der Waals surface area contributed by atoms with Crippen molar-refractivity contribution < 1.29 is 14.7 Å². The van der Waals surface area contributed by atoms with Crippen LogP contribution in [0, 0.1) is 3.70 Å². The van der Waals surface area contributed by atoms with Gasteiger partial charge < -0.3 is 5.11 Å². The largest absolute Gasteiger partial charge is 0.477 e. The van der Waals surface area contributed by atoms with Gasteiger partial charge in [-0.1, -0.05) is 0 Å². The van der Waals surface area contributed by atoms with E-state index < -0.39 is 5.97 Å². The molecule has 0 bridgehead atoms. The normalized spacial score (nSPS) is 9.42. The molecule has 12 heavy (non-hydrogen) atoms. The first-order valence-electron chi connectivity index (χ1n) is 2.99. The van der Waals surface area contributed by atoms with E-state index in [0.29, 0.717) is 15.6 Å². The highest BCUT2D eigenvalue weighted by molar-refractivity contribution is 14.1. The van der Waals surface area contributed by atoms with Gasteiger partial charge >= 0.3 is 5.97 Å². The molecule has 4 nitrogen and oxygen atoms in total. The lowest BCUT2D eigenvalue weighted by Crippen LogP contribution is -2.02. The Morgan fingerprint density at radius 2 is 2.25 bits per heavy atom. The van der Waals surface area contributed by atoms with Gasteiger partial charge in [-0.15, -0.1) is 0 Å². The highest BCUT2D eigenvalue weighted by Gasteiger charge is 2.06. The Kier molecular flexibility index (Phi) is 2.74. The molecule has 0 saturated heterocycles. The number of aromatic carboxylic acids is 1. The average molecular weight is 277 g/mol. The fourth-order valence-corrected chi connectivity index (χ4v) is 1.31.